The second-order valence-corrected chi connectivity index (χ2v) is 10.9. The molecule has 0 aromatic heterocycles. The van der Waals surface area contributed by atoms with Gasteiger partial charge in [0.15, 0.2) is 0 Å². The van der Waals surface area contributed by atoms with Crippen LogP contribution in [0.1, 0.15) is 32.6 Å². The number of carbonyl (C=O) groups excluding carboxylic acids is 3. The van der Waals surface area contributed by atoms with Crippen LogP contribution in [-0.4, -0.2) is 71.3 Å². The van der Waals surface area contributed by atoms with E-state index in [9.17, 15) is 19.5 Å². The number of ether oxygens (including phenoxy) is 2. The fourth-order valence-electron chi connectivity index (χ4n) is 6.98. The Bertz CT molecular complexity index is 1370. The Morgan fingerprint density at radius 2 is 1.77 bits per heavy atom. The van der Waals surface area contributed by atoms with Crippen LogP contribution >= 0.6 is 0 Å². The van der Waals surface area contributed by atoms with Crippen LogP contribution in [0.3, 0.4) is 0 Å². The summed E-state index contributed by atoms with van der Waals surface area (Å²) in [5, 5.41) is 11.3. The van der Waals surface area contributed by atoms with Crippen LogP contribution in [-0.2, 0) is 23.9 Å². The minimum absolute atomic E-state index is 0.0731. The molecule has 2 aromatic rings. The summed E-state index contributed by atoms with van der Waals surface area (Å²) in [6.07, 6.45) is 9.82. The smallest absolute Gasteiger partial charge is 0.313 e. The molecule has 0 radical (unpaired) electrons. The molecule has 8 heteroatoms. The van der Waals surface area contributed by atoms with Gasteiger partial charge in [-0.1, -0.05) is 55.5 Å². The molecule has 0 aliphatic carbocycles. The number of amides is 2. The Labute approximate surface area is 227 Å². The van der Waals surface area contributed by atoms with E-state index in [1.165, 1.54) is 0 Å². The zero-order valence-electron chi connectivity index (χ0n) is 22.1. The maximum atomic E-state index is 14.5. The third-order valence-electron chi connectivity index (χ3n) is 8.80. The molecule has 39 heavy (non-hydrogen) atoms. The van der Waals surface area contributed by atoms with Crippen molar-refractivity contribution >= 4 is 34.2 Å². The molecule has 2 amide bonds. The molecular formula is C31H34N2O6. The van der Waals surface area contributed by atoms with Crippen LogP contribution in [0, 0.1) is 11.8 Å². The molecule has 5 atom stereocenters. The highest BCUT2D eigenvalue weighted by Gasteiger charge is 2.75. The van der Waals surface area contributed by atoms with Crippen LogP contribution in [0.4, 0.5) is 5.69 Å². The third-order valence-corrected chi connectivity index (χ3v) is 8.80. The van der Waals surface area contributed by atoms with Crippen molar-refractivity contribution in [1.29, 1.82) is 0 Å². The van der Waals surface area contributed by atoms with E-state index in [0.717, 1.165) is 22.9 Å². The Morgan fingerprint density at radius 3 is 2.56 bits per heavy atom. The van der Waals surface area contributed by atoms with Crippen LogP contribution in [0.2, 0.25) is 0 Å². The van der Waals surface area contributed by atoms with Gasteiger partial charge >= 0.3 is 5.97 Å². The van der Waals surface area contributed by atoms with E-state index in [-0.39, 0.29) is 25.0 Å². The predicted molar refractivity (Wildman–Crippen MR) is 146 cm³/mol. The fraction of sp³-hybridized carbons (Fsp3) is 0.452. The summed E-state index contributed by atoms with van der Waals surface area (Å²) in [7, 11) is 0. The zero-order chi connectivity index (χ0) is 27.2. The van der Waals surface area contributed by atoms with Crippen molar-refractivity contribution in [1.82, 2.24) is 4.90 Å². The molecule has 4 heterocycles. The second-order valence-electron chi connectivity index (χ2n) is 10.9. The van der Waals surface area contributed by atoms with Crippen LogP contribution < -0.4 is 4.90 Å². The normalized spacial score (nSPS) is 31.6. The molecule has 6 rings (SSSR count). The number of rotatable bonds is 7. The number of unbranched alkanes of at least 4 members (excludes halogenated alkanes) is 2. The summed E-state index contributed by atoms with van der Waals surface area (Å²) in [4.78, 5) is 45.4. The summed E-state index contributed by atoms with van der Waals surface area (Å²) in [6.45, 7) is 2.80. The second kappa shape index (κ2) is 9.92. The van der Waals surface area contributed by atoms with Crippen molar-refractivity contribution < 1.29 is 29.0 Å². The van der Waals surface area contributed by atoms with E-state index in [4.69, 9.17) is 9.47 Å². The van der Waals surface area contributed by atoms with Gasteiger partial charge in [-0.2, -0.15) is 0 Å². The number of aliphatic hydroxyl groups is 1. The molecule has 2 aromatic carbocycles. The molecule has 2 saturated heterocycles. The standard InChI is InChI=1S/C31H34N2O6/c1-2-30-14-9-19-38-29(37)25(30)24-27(35)33(16-6-3-7-18-34)26-28(36)32(17-8-15-31(24,26)39-30)23-13-12-21-10-4-5-11-22(21)20-23/h4-5,8-15,20,24-26,34H,2-3,6-7,16-19H2,1H3/t24-,25-,26?,30+,31-/m0/s1. The third kappa shape index (κ3) is 3.92. The predicted octanol–water partition coefficient (Wildman–Crippen LogP) is 3.38. The molecule has 4 aliphatic heterocycles. The first-order valence-electron chi connectivity index (χ1n) is 13.9. The summed E-state index contributed by atoms with van der Waals surface area (Å²) in [5.41, 5.74) is -1.58. The highest BCUT2D eigenvalue weighted by atomic mass is 16.6. The Balaban J connectivity index is 1.45. The van der Waals surface area contributed by atoms with Gasteiger partial charge in [0.25, 0.3) is 5.91 Å². The minimum atomic E-state index is -1.29. The number of hydrogen-bond donors (Lipinski definition) is 1. The highest BCUT2D eigenvalue weighted by Crippen LogP contribution is 2.58. The van der Waals surface area contributed by atoms with E-state index < -0.39 is 35.0 Å². The molecular weight excluding hydrogens is 496 g/mol. The number of aliphatic hydroxyl groups excluding tert-OH is 1. The average molecular weight is 531 g/mol. The van der Waals surface area contributed by atoms with Gasteiger partial charge in [0.2, 0.25) is 5.91 Å². The zero-order valence-corrected chi connectivity index (χ0v) is 22.1. The number of cyclic esters (lactones) is 1. The largest absolute Gasteiger partial charge is 0.461 e. The van der Waals surface area contributed by atoms with Gasteiger partial charge in [-0.25, -0.2) is 0 Å². The lowest BCUT2D eigenvalue weighted by atomic mass is 9.73. The van der Waals surface area contributed by atoms with Crippen molar-refractivity contribution in [2.24, 2.45) is 11.8 Å². The molecule has 1 spiro atoms. The number of hydrogen-bond acceptors (Lipinski definition) is 6. The van der Waals surface area contributed by atoms with E-state index >= 15 is 0 Å². The maximum absolute atomic E-state index is 14.5. The van der Waals surface area contributed by atoms with Crippen molar-refractivity contribution in [3.05, 3.63) is 66.8 Å². The van der Waals surface area contributed by atoms with Crippen LogP contribution in [0.5, 0.6) is 0 Å². The summed E-state index contributed by atoms with van der Waals surface area (Å²) >= 11 is 0. The number of fused-ring (bicyclic) bond motifs is 3. The SMILES string of the molecule is CC[C@@]12C=CCOC(=O)[C@@H]1[C@H]1C(=O)N(CCCCCO)C3C(=O)N(c4ccc5ccccc5c4)CC=C[C@@]31O2. The lowest BCUT2D eigenvalue weighted by Crippen LogP contribution is -2.56. The lowest BCUT2D eigenvalue weighted by Gasteiger charge is -2.38. The molecule has 0 saturated carbocycles. The van der Waals surface area contributed by atoms with Crippen molar-refractivity contribution in [2.45, 2.75) is 49.9 Å². The number of esters is 1. The maximum Gasteiger partial charge on any atom is 0.313 e. The van der Waals surface area contributed by atoms with Gasteiger partial charge in [0.1, 0.15) is 29.8 Å². The monoisotopic (exact) mass is 530 g/mol. The van der Waals surface area contributed by atoms with Crippen molar-refractivity contribution in [3.63, 3.8) is 0 Å². The molecule has 8 nitrogen and oxygen atoms in total. The van der Waals surface area contributed by atoms with Gasteiger partial charge < -0.3 is 24.4 Å². The molecule has 1 unspecified atom stereocenters. The lowest BCUT2D eigenvalue weighted by molar-refractivity contribution is -0.157. The highest BCUT2D eigenvalue weighted by molar-refractivity contribution is 6.06. The topological polar surface area (TPSA) is 96.4 Å². The quantitative estimate of drug-likeness (QED) is 0.335. The first kappa shape index (κ1) is 25.8. The van der Waals surface area contributed by atoms with Crippen LogP contribution in [0.15, 0.2) is 66.8 Å². The average Bonchev–Trinajstić information content (AvgIpc) is 3.22. The number of carbonyl (C=O) groups is 3. The van der Waals surface area contributed by atoms with Gasteiger partial charge in [-0.05, 0) is 54.7 Å². The van der Waals surface area contributed by atoms with E-state index in [1.807, 2.05) is 67.6 Å². The Hall–Kier alpha value is -3.49. The first-order valence-corrected chi connectivity index (χ1v) is 13.9. The summed E-state index contributed by atoms with van der Waals surface area (Å²) in [5.74, 6) is -2.66. The molecule has 1 N–H and O–H groups in total. The fourth-order valence-corrected chi connectivity index (χ4v) is 6.98. The number of nitrogens with zero attached hydrogens (tertiary/aromatic N) is 2. The van der Waals surface area contributed by atoms with E-state index in [2.05, 4.69) is 0 Å². The Kier molecular flexibility index (Phi) is 6.55. The van der Waals surface area contributed by atoms with Crippen molar-refractivity contribution in [3.8, 4) is 0 Å². The Morgan fingerprint density at radius 1 is 0.949 bits per heavy atom. The molecule has 204 valence electrons. The van der Waals surface area contributed by atoms with Gasteiger partial charge in [-0.3, -0.25) is 14.4 Å². The number of likely N-dealkylation sites (tertiary alicyclic amines) is 1. The first-order chi connectivity index (χ1) is 19.0. The van der Waals surface area contributed by atoms with E-state index in [0.29, 0.717) is 32.4 Å². The van der Waals surface area contributed by atoms with E-state index in [1.54, 1.807) is 15.9 Å². The van der Waals surface area contributed by atoms with Gasteiger partial charge in [-0.15, -0.1) is 0 Å². The number of anilines is 1. The summed E-state index contributed by atoms with van der Waals surface area (Å²) in [6, 6.07) is 13.0. The van der Waals surface area contributed by atoms with Crippen molar-refractivity contribution in [2.75, 3.05) is 31.2 Å². The molecule has 2 fully saturated rings. The van der Waals surface area contributed by atoms with Crippen LogP contribution in [0.25, 0.3) is 10.8 Å². The van der Waals surface area contributed by atoms with Gasteiger partial charge in [0.05, 0.1) is 5.92 Å². The summed E-state index contributed by atoms with van der Waals surface area (Å²) < 4.78 is 12.4. The number of benzene rings is 2. The van der Waals surface area contributed by atoms with Gasteiger partial charge in [0, 0.05) is 25.4 Å². The molecule has 4 aliphatic rings. The molecule has 0 bridgehead atoms. The minimum Gasteiger partial charge on any atom is -0.461 e.